The van der Waals surface area contributed by atoms with E-state index in [9.17, 15) is 19.2 Å². The van der Waals surface area contributed by atoms with Crippen LogP contribution in [0, 0.1) is 0 Å². The van der Waals surface area contributed by atoms with Gasteiger partial charge in [0.05, 0.1) is 0 Å². The molecule has 4 aromatic rings. The number of Topliss-reactive ketones (excluding diaryl/α,β-unsaturated/α-hetero) is 2. The number of rotatable bonds is 9. The van der Waals surface area contributed by atoms with Crippen LogP contribution in [0.5, 0.6) is 0 Å². The van der Waals surface area contributed by atoms with Crippen LogP contribution in [0.25, 0.3) is 32.3 Å². The van der Waals surface area contributed by atoms with Crippen molar-refractivity contribution in [3.63, 3.8) is 0 Å². The number of ether oxygens (including phenoxy) is 1. The molecule has 0 bridgehead atoms. The van der Waals surface area contributed by atoms with Gasteiger partial charge in [-0.3, -0.25) is 19.2 Å². The Morgan fingerprint density at radius 2 is 1.36 bits per heavy atom. The second kappa shape index (κ2) is 9.49. The minimum atomic E-state index is -1.22. The van der Waals surface area contributed by atoms with E-state index in [1.54, 1.807) is 6.07 Å². The largest absolute Gasteiger partial charge is 0.392 e. The van der Waals surface area contributed by atoms with Crippen molar-refractivity contribution in [1.29, 1.82) is 0 Å². The summed E-state index contributed by atoms with van der Waals surface area (Å²) < 4.78 is 5.02. The lowest BCUT2D eigenvalue weighted by molar-refractivity contribution is -0.161. The summed E-state index contributed by atoms with van der Waals surface area (Å²) in [6, 6.07) is 17.7. The number of hydrogen-bond donors (Lipinski definition) is 0. The first-order valence-corrected chi connectivity index (χ1v) is 11.4. The number of carbonyl (C=O) groups excluding carboxylic acids is 4. The summed E-state index contributed by atoms with van der Waals surface area (Å²) in [5.74, 6) is -3.64. The van der Waals surface area contributed by atoms with Crippen LogP contribution in [0.1, 0.15) is 57.4 Å². The molecule has 0 fully saturated rings. The summed E-state index contributed by atoms with van der Waals surface area (Å²) in [5.41, 5.74) is 0.525. The maximum atomic E-state index is 13.1. The zero-order valence-electron chi connectivity index (χ0n) is 18.9. The van der Waals surface area contributed by atoms with E-state index < -0.39 is 24.3 Å². The third-order valence-corrected chi connectivity index (χ3v) is 6.01. The fourth-order valence-corrected chi connectivity index (χ4v) is 4.57. The van der Waals surface area contributed by atoms with Crippen molar-refractivity contribution in [3.8, 4) is 0 Å². The molecule has 4 rings (SSSR count). The smallest absolute Gasteiger partial charge is 0.328 e. The number of carbonyl (C=O) groups is 4. The Labute approximate surface area is 192 Å². The molecule has 0 N–H and O–H groups in total. The van der Waals surface area contributed by atoms with E-state index in [0.29, 0.717) is 18.4 Å². The molecule has 33 heavy (non-hydrogen) atoms. The minimum Gasteiger partial charge on any atom is -0.392 e. The molecule has 5 nitrogen and oxygen atoms in total. The predicted octanol–water partition coefficient (Wildman–Crippen LogP) is 5.87. The van der Waals surface area contributed by atoms with E-state index in [1.807, 2.05) is 56.3 Å². The fraction of sp³-hybridized carbons (Fsp3) is 0.286. The molecule has 1 atom stereocenters. The fourth-order valence-electron chi connectivity index (χ4n) is 4.57. The molecule has 168 valence electrons. The van der Waals surface area contributed by atoms with Crippen molar-refractivity contribution >= 4 is 55.8 Å². The summed E-state index contributed by atoms with van der Waals surface area (Å²) in [5, 5.41) is 6.00. The normalized spacial score (nSPS) is 12.3. The highest BCUT2D eigenvalue weighted by Crippen LogP contribution is 2.38. The van der Waals surface area contributed by atoms with E-state index in [2.05, 4.69) is 6.07 Å². The topological polar surface area (TPSA) is 77.5 Å². The van der Waals surface area contributed by atoms with Crippen LogP contribution in [0.4, 0.5) is 0 Å². The molecule has 0 amide bonds. The molecule has 0 heterocycles. The van der Waals surface area contributed by atoms with Gasteiger partial charge in [-0.05, 0) is 50.7 Å². The van der Waals surface area contributed by atoms with Crippen molar-refractivity contribution in [2.75, 3.05) is 0 Å². The summed E-state index contributed by atoms with van der Waals surface area (Å²) >= 11 is 0. The lowest BCUT2D eigenvalue weighted by atomic mass is 9.85. The maximum Gasteiger partial charge on any atom is 0.328 e. The molecule has 0 aliphatic heterocycles. The van der Waals surface area contributed by atoms with Crippen molar-refractivity contribution in [1.82, 2.24) is 0 Å². The van der Waals surface area contributed by atoms with Gasteiger partial charge in [-0.1, -0.05) is 68.4 Å². The Morgan fingerprint density at radius 1 is 0.758 bits per heavy atom. The van der Waals surface area contributed by atoms with Gasteiger partial charge in [0.2, 0.25) is 0 Å². The zero-order valence-corrected chi connectivity index (χ0v) is 18.9. The van der Waals surface area contributed by atoms with Crippen LogP contribution in [0.15, 0.2) is 54.6 Å². The molecular formula is C28H26O5. The summed E-state index contributed by atoms with van der Waals surface area (Å²) in [4.78, 5) is 50.2. The monoisotopic (exact) mass is 442 g/mol. The highest BCUT2D eigenvalue weighted by molar-refractivity contribution is 6.24. The average molecular weight is 443 g/mol. The predicted molar refractivity (Wildman–Crippen MR) is 128 cm³/mol. The number of esters is 2. The van der Waals surface area contributed by atoms with E-state index in [-0.39, 0.29) is 24.4 Å². The first-order chi connectivity index (χ1) is 15.9. The summed E-state index contributed by atoms with van der Waals surface area (Å²) in [6.07, 6.45) is 1.14. The second-order valence-corrected chi connectivity index (χ2v) is 8.42. The first-order valence-electron chi connectivity index (χ1n) is 11.4. The Morgan fingerprint density at radius 3 is 2.03 bits per heavy atom. The standard InChI is InChI=1S/C28H26O5/c1-3-6-20(29)16-24(31)33-28(32)27(23(30)7-4-2)22-15-13-19-11-10-17-8-5-9-18-12-14-21(22)26(19)25(17)18/h5,8-15,27H,3-4,6-7,16H2,1-2H3. The van der Waals surface area contributed by atoms with Crippen molar-refractivity contribution in [3.05, 3.63) is 60.2 Å². The maximum absolute atomic E-state index is 13.1. The zero-order chi connectivity index (χ0) is 23.5. The average Bonchev–Trinajstić information content (AvgIpc) is 2.78. The summed E-state index contributed by atoms with van der Waals surface area (Å²) in [7, 11) is 0. The first kappa shape index (κ1) is 22.6. The molecule has 0 aromatic heterocycles. The Balaban J connectivity index is 1.79. The van der Waals surface area contributed by atoms with Crippen molar-refractivity contribution in [2.45, 2.75) is 51.9 Å². The molecule has 0 spiro atoms. The third kappa shape index (κ3) is 4.36. The van der Waals surface area contributed by atoms with E-state index in [0.717, 1.165) is 32.3 Å². The van der Waals surface area contributed by atoms with Crippen LogP contribution in [-0.2, 0) is 23.9 Å². The number of ketones is 2. The molecule has 0 saturated carbocycles. The lowest BCUT2D eigenvalue weighted by Gasteiger charge is -2.19. The highest BCUT2D eigenvalue weighted by Gasteiger charge is 2.33. The van der Waals surface area contributed by atoms with Crippen LogP contribution >= 0.6 is 0 Å². The van der Waals surface area contributed by atoms with E-state index >= 15 is 0 Å². The molecule has 0 aliphatic rings. The van der Waals surface area contributed by atoms with Crippen LogP contribution in [0.3, 0.4) is 0 Å². The Kier molecular flexibility index (Phi) is 6.50. The SMILES string of the molecule is CCCC(=O)CC(=O)OC(=O)C(C(=O)CCC)c1ccc2ccc3cccc4ccc1c2c34. The summed E-state index contributed by atoms with van der Waals surface area (Å²) in [6.45, 7) is 3.70. The van der Waals surface area contributed by atoms with Crippen LogP contribution < -0.4 is 0 Å². The van der Waals surface area contributed by atoms with Gasteiger partial charge < -0.3 is 4.74 Å². The van der Waals surface area contributed by atoms with E-state index in [4.69, 9.17) is 4.74 Å². The van der Waals surface area contributed by atoms with Crippen molar-refractivity contribution in [2.24, 2.45) is 0 Å². The lowest BCUT2D eigenvalue weighted by Crippen LogP contribution is -2.27. The van der Waals surface area contributed by atoms with Gasteiger partial charge in [0.1, 0.15) is 18.1 Å². The van der Waals surface area contributed by atoms with Gasteiger partial charge in [-0.25, -0.2) is 0 Å². The van der Waals surface area contributed by atoms with Gasteiger partial charge in [0.25, 0.3) is 0 Å². The minimum absolute atomic E-state index is 0.185. The quantitative estimate of drug-likeness (QED) is 0.184. The van der Waals surface area contributed by atoms with Crippen LogP contribution in [0.2, 0.25) is 0 Å². The number of hydrogen-bond acceptors (Lipinski definition) is 5. The van der Waals surface area contributed by atoms with Gasteiger partial charge in [0, 0.05) is 12.8 Å². The second-order valence-electron chi connectivity index (χ2n) is 8.42. The Bertz CT molecular complexity index is 1350. The molecule has 0 aliphatic carbocycles. The molecule has 4 aromatic carbocycles. The molecular weight excluding hydrogens is 416 g/mol. The molecule has 1 unspecified atom stereocenters. The van der Waals surface area contributed by atoms with Crippen molar-refractivity contribution < 1.29 is 23.9 Å². The van der Waals surface area contributed by atoms with Gasteiger partial charge >= 0.3 is 11.9 Å². The third-order valence-electron chi connectivity index (χ3n) is 6.01. The number of benzene rings is 4. The van der Waals surface area contributed by atoms with Gasteiger partial charge in [-0.2, -0.15) is 0 Å². The van der Waals surface area contributed by atoms with Gasteiger partial charge in [0.15, 0.2) is 5.78 Å². The molecule has 5 heteroatoms. The molecule has 0 saturated heterocycles. The Hall–Kier alpha value is -3.60. The van der Waals surface area contributed by atoms with Gasteiger partial charge in [-0.15, -0.1) is 0 Å². The van der Waals surface area contributed by atoms with E-state index in [1.165, 1.54) is 0 Å². The van der Waals surface area contributed by atoms with Crippen LogP contribution in [-0.4, -0.2) is 23.5 Å². The highest BCUT2D eigenvalue weighted by atomic mass is 16.6. The molecule has 0 radical (unpaired) electrons.